The molecule has 4 aromatic rings. The SMILES string of the molecule is COc1ccc(OCc2ccc(C(=O)Nc3cc(Oc4cc(C)ccc4C)cc([N+](=O)[O-])c3)o2)cc1. The molecule has 0 saturated heterocycles. The first-order valence-corrected chi connectivity index (χ1v) is 11.0. The number of hydrogen-bond acceptors (Lipinski definition) is 7. The van der Waals surface area contributed by atoms with Crippen molar-refractivity contribution in [2.75, 3.05) is 12.4 Å². The largest absolute Gasteiger partial charge is 0.497 e. The molecule has 0 aliphatic heterocycles. The van der Waals surface area contributed by atoms with E-state index in [0.29, 0.717) is 23.0 Å². The number of non-ortho nitro benzene ring substituents is 1. The summed E-state index contributed by atoms with van der Waals surface area (Å²) in [6.45, 7) is 3.91. The van der Waals surface area contributed by atoms with Gasteiger partial charge in [0.05, 0.1) is 23.8 Å². The van der Waals surface area contributed by atoms with E-state index in [9.17, 15) is 14.9 Å². The summed E-state index contributed by atoms with van der Waals surface area (Å²) in [4.78, 5) is 23.7. The van der Waals surface area contributed by atoms with Crippen molar-refractivity contribution in [1.82, 2.24) is 0 Å². The fraction of sp³-hybridized carbons (Fsp3) is 0.148. The highest BCUT2D eigenvalue weighted by molar-refractivity contribution is 6.02. The maximum Gasteiger partial charge on any atom is 0.291 e. The summed E-state index contributed by atoms with van der Waals surface area (Å²) in [5.41, 5.74) is 1.83. The quantitative estimate of drug-likeness (QED) is 0.213. The first-order valence-electron chi connectivity index (χ1n) is 11.0. The predicted octanol–water partition coefficient (Wildman–Crippen LogP) is 6.44. The average molecular weight is 488 g/mol. The van der Waals surface area contributed by atoms with Gasteiger partial charge in [-0.3, -0.25) is 14.9 Å². The highest BCUT2D eigenvalue weighted by Gasteiger charge is 2.17. The summed E-state index contributed by atoms with van der Waals surface area (Å²) in [5, 5.41) is 14.1. The molecule has 0 atom stereocenters. The molecular weight excluding hydrogens is 464 g/mol. The third kappa shape index (κ3) is 6.01. The number of carbonyl (C=O) groups is 1. The lowest BCUT2D eigenvalue weighted by atomic mass is 10.1. The molecule has 9 nitrogen and oxygen atoms in total. The minimum Gasteiger partial charge on any atom is -0.497 e. The zero-order valence-electron chi connectivity index (χ0n) is 19.9. The molecule has 0 spiro atoms. The Morgan fingerprint density at radius 1 is 0.944 bits per heavy atom. The molecule has 1 heterocycles. The van der Waals surface area contributed by atoms with Crippen LogP contribution in [0.1, 0.15) is 27.4 Å². The van der Waals surface area contributed by atoms with E-state index in [4.69, 9.17) is 18.6 Å². The van der Waals surface area contributed by atoms with Crippen molar-refractivity contribution in [3.05, 3.63) is 106 Å². The van der Waals surface area contributed by atoms with Crippen LogP contribution in [0.15, 0.2) is 77.2 Å². The Morgan fingerprint density at radius 2 is 1.69 bits per heavy atom. The number of furan rings is 1. The number of rotatable bonds is 9. The summed E-state index contributed by atoms with van der Waals surface area (Å²) in [7, 11) is 1.58. The van der Waals surface area contributed by atoms with E-state index in [-0.39, 0.29) is 29.5 Å². The Kier molecular flexibility index (Phi) is 7.20. The summed E-state index contributed by atoms with van der Waals surface area (Å²) < 4.78 is 22.3. The van der Waals surface area contributed by atoms with E-state index >= 15 is 0 Å². The lowest BCUT2D eigenvalue weighted by molar-refractivity contribution is -0.384. The van der Waals surface area contributed by atoms with E-state index in [1.807, 2.05) is 32.0 Å². The number of carbonyl (C=O) groups excluding carboxylic acids is 1. The minimum atomic E-state index is -0.566. The molecule has 4 rings (SSSR count). The molecule has 9 heteroatoms. The van der Waals surface area contributed by atoms with Crippen LogP contribution in [0.25, 0.3) is 0 Å². The molecule has 0 bridgehead atoms. The first kappa shape index (κ1) is 24.3. The normalized spacial score (nSPS) is 10.5. The summed E-state index contributed by atoms with van der Waals surface area (Å²) in [6, 6.07) is 20.0. The van der Waals surface area contributed by atoms with Crippen LogP contribution in [0.2, 0.25) is 0 Å². The van der Waals surface area contributed by atoms with Gasteiger partial charge in [-0.15, -0.1) is 0 Å². The molecule has 3 aromatic carbocycles. The number of nitro groups is 1. The van der Waals surface area contributed by atoms with Gasteiger partial charge in [-0.25, -0.2) is 0 Å². The highest BCUT2D eigenvalue weighted by atomic mass is 16.6. The molecule has 184 valence electrons. The lowest BCUT2D eigenvalue weighted by Crippen LogP contribution is -2.11. The van der Waals surface area contributed by atoms with Gasteiger partial charge in [0.2, 0.25) is 0 Å². The number of methoxy groups -OCH3 is 1. The van der Waals surface area contributed by atoms with Crippen molar-refractivity contribution >= 4 is 17.3 Å². The van der Waals surface area contributed by atoms with Crippen molar-refractivity contribution in [2.24, 2.45) is 0 Å². The fourth-order valence-electron chi connectivity index (χ4n) is 3.36. The number of amides is 1. The molecule has 1 amide bonds. The van der Waals surface area contributed by atoms with Gasteiger partial charge in [0.1, 0.15) is 35.4 Å². The highest BCUT2D eigenvalue weighted by Crippen LogP contribution is 2.32. The van der Waals surface area contributed by atoms with Gasteiger partial charge in [0.15, 0.2) is 5.76 Å². The minimum absolute atomic E-state index is 0.0341. The third-order valence-corrected chi connectivity index (χ3v) is 5.26. The van der Waals surface area contributed by atoms with Crippen molar-refractivity contribution in [3.8, 4) is 23.0 Å². The van der Waals surface area contributed by atoms with E-state index in [0.717, 1.165) is 11.1 Å². The number of aryl methyl sites for hydroxylation is 2. The monoisotopic (exact) mass is 488 g/mol. The van der Waals surface area contributed by atoms with Crippen LogP contribution in [-0.2, 0) is 6.61 Å². The van der Waals surface area contributed by atoms with Crippen LogP contribution in [0.3, 0.4) is 0 Å². The predicted molar refractivity (Wildman–Crippen MR) is 133 cm³/mol. The zero-order chi connectivity index (χ0) is 25.7. The Morgan fingerprint density at radius 3 is 2.42 bits per heavy atom. The second-order valence-electron chi connectivity index (χ2n) is 8.03. The van der Waals surface area contributed by atoms with Crippen LogP contribution in [-0.4, -0.2) is 17.9 Å². The molecule has 1 N–H and O–H groups in total. The second-order valence-corrected chi connectivity index (χ2v) is 8.03. The van der Waals surface area contributed by atoms with E-state index in [1.54, 1.807) is 37.4 Å². The Hall–Kier alpha value is -4.79. The third-order valence-electron chi connectivity index (χ3n) is 5.26. The molecule has 0 aliphatic carbocycles. The first-order chi connectivity index (χ1) is 17.3. The van der Waals surface area contributed by atoms with Crippen molar-refractivity contribution in [1.29, 1.82) is 0 Å². The number of nitro benzene ring substituents is 1. The van der Waals surface area contributed by atoms with Crippen molar-refractivity contribution < 1.29 is 28.3 Å². The molecule has 1 aromatic heterocycles. The molecule has 0 fully saturated rings. The van der Waals surface area contributed by atoms with Gasteiger partial charge in [-0.1, -0.05) is 12.1 Å². The van der Waals surface area contributed by atoms with Gasteiger partial charge in [-0.2, -0.15) is 0 Å². The van der Waals surface area contributed by atoms with Crippen molar-refractivity contribution in [3.63, 3.8) is 0 Å². The van der Waals surface area contributed by atoms with E-state index in [1.165, 1.54) is 24.3 Å². The molecule has 0 radical (unpaired) electrons. The number of ether oxygens (including phenoxy) is 3. The molecule has 0 saturated carbocycles. The van der Waals surface area contributed by atoms with Gasteiger partial charge >= 0.3 is 0 Å². The van der Waals surface area contributed by atoms with Gasteiger partial charge in [-0.05, 0) is 67.4 Å². The maximum atomic E-state index is 12.8. The standard InChI is InChI=1S/C27H24N2O7/c1-17-4-5-18(2)26(12-17)36-24-14-19(13-20(15-24)29(31)32)28-27(30)25-11-10-23(35-25)16-34-22-8-6-21(33-3)7-9-22/h4-15H,16H2,1-3H3,(H,28,30). The van der Waals surface area contributed by atoms with E-state index < -0.39 is 10.8 Å². The van der Waals surface area contributed by atoms with Crippen LogP contribution in [0.4, 0.5) is 11.4 Å². The Bertz CT molecular complexity index is 1390. The topological polar surface area (TPSA) is 113 Å². The molecule has 0 unspecified atom stereocenters. The zero-order valence-corrected chi connectivity index (χ0v) is 19.9. The van der Waals surface area contributed by atoms with Gasteiger partial charge < -0.3 is 23.9 Å². The fourth-order valence-corrected chi connectivity index (χ4v) is 3.36. The Labute approximate surface area is 207 Å². The van der Waals surface area contributed by atoms with Crippen LogP contribution >= 0.6 is 0 Å². The smallest absolute Gasteiger partial charge is 0.291 e. The summed E-state index contributed by atoms with van der Waals surface area (Å²) in [6.07, 6.45) is 0. The van der Waals surface area contributed by atoms with Crippen LogP contribution < -0.4 is 19.5 Å². The molecule has 36 heavy (non-hydrogen) atoms. The van der Waals surface area contributed by atoms with Crippen LogP contribution in [0.5, 0.6) is 23.0 Å². The number of anilines is 1. The van der Waals surface area contributed by atoms with Crippen molar-refractivity contribution in [2.45, 2.75) is 20.5 Å². The van der Waals surface area contributed by atoms with E-state index in [2.05, 4.69) is 5.32 Å². The second kappa shape index (κ2) is 10.6. The Balaban J connectivity index is 1.46. The molecular formula is C27H24N2O7. The number of hydrogen-bond donors (Lipinski definition) is 1. The van der Waals surface area contributed by atoms with Gasteiger partial charge in [0.25, 0.3) is 11.6 Å². The average Bonchev–Trinajstić information content (AvgIpc) is 3.34. The lowest BCUT2D eigenvalue weighted by Gasteiger charge is -2.11. The maximum absolute atomic E-state index is 12.8. The molecule has 0 aliphatic rings. The van der Waals surface area contributed by atoms with Crippen LogP contribution in [0, 0.1) is 24.0 Å². The summed E-state index contributed by atoms with van der Waals surface area (Å²) >= 11 is 0. The number of nitrogens with zero attached hydrogens (tertiary/aromatic N) is 1. The van der Waals surface area contributed by atoms with Gasteiger partial charge in [0, 0.05) is 12.1 Å². The number of nitrogens with one attached hydrogen (secondary N) is 1. The summed E-state index contributed by atoms with van der Waals surface area (Å²) in [5.74, 6) is 2.03. The number of benzene rings is 3.